The monoisotopic (exact) mass is 413 g/mol. The van der Waals surface area contributed by atoms with Gasteiger partial charge in [0.15, 0.2) is 0 Å². The van der Waals surface area contributed by atoms with E-state index in [0.717, 1.165) is 47.7 Å². The number of rotatable bonds is 7. The molecule has 7 heteroatoms. The Labute approximate surface area is 175 Å². The number of thioether (sulfide) groups is 1. The SMILES string of the molecule is CC(=O)Nc1ccccc1SCC(=O)NC1CCC(Oc2cccnc2C)CC1. The second-order valence-corrected chi connectivity index (χ2v) is 8.23. The van der Waals surface area contributed by atoms with Crippen LogP contribution in [-0.2, 0) is 9.59 Å². The molecule has 2 aromatic rings. The minimum atomic E-state index is -0.122. The van der Waals surface area contributed by atoms with Crippen molar-refractivity contribution in [1.29, 1.82) is 0 Å². The number of hydrogen-bond acceptors (Lipinski definition) is 5. The van der Waals surface area contributed by atoms with Crippen molar-refractivity contribution in [2.45, 2.75) is 56.6 Å². The maximum absolute atomic E-state index is 12.4. The van der Waals surface area contributed by atoms with E-state index < -0.39 is 0 Å². The third kappa shape index (κ3) is 6.49. The van der Waals surface area contributed by atoms with Crippen LogP contribution in [0, 0.1) is 6.92 Å². The fourth-order valence-corrected chi connectivity index (χ4v) is 4.22. The van der Waals surface area contributed by atoms with E-state index in [1.54, 1.807) is 6.20 Å². The van der Waals surface area contributed by atoms with Crippen LogP contribution in [0.4, 0.5) is 5.69 Å². The molecule has 0 radical (unpaired) electrons. The Balaban J connectivity index is 1.42. The van der Waals surface area contributed by atoms with E-state index in [2.05, 4.69) is 15.6 Å². The van der Waals surface area contributed by atoms with E-state index in [0.29, 0.717) is 5.75 Å². The molecular weight excluding hydrogens is 386 g/mol. The minimum absolute atomic E-state index is 0.0140. The summed E-state index contributed by atoms with van der Waals surface area (Å²) in [6.07, 6.45) is 5.58. The summed E-state index contributed by atoms with van der Waals surface area (Å²) < 4.78 is 6.08. The average molecular weight is 414 g/mol. The number of aromatic nitrogens is 1. The van der Waals surface area contributed by atoms with Crippen molar-refractivity contribution in [2.24, 2.45) is 0 Å². The standard InChI is InChI=1S/C22H27N3O3S/c1-15-20(7-5-13-23-15)28-18-11-9-17(10-12-18)25-22(27)14-29-21-8-4-3-6-19(21)24-16(2)26/h3-8,13,17-18H,9-12,14H2,1-2H3,(H,24,26)(H,25,27). The highest BCUT2D eigenvalue weighted by atomic mass is 32.2. The summed E-state index contributed by atoms with van der Waals surface area (Å²) in [7, 11) is 0. The molecule has 0 saturated heterocycles. The topological polar surface area (TPSA) is 80.3 Å². The van der Waals surface area contributed by atoms with Crippen LogP contribution < -0.4 is 15.4 Å². The Morgan fingerprint density at radius 3 is 2.62 bits per heavy atom. The quantitative estimate of drug-likeness (QED) is 0.672. The van der Waals surface area contributed by atoms with E-state index in [9.17, 15) is 9.59 Å². The second kappa shape index (κ2) is 10.3. The lowest BCUT2D eigenvalue weighted by atomic mass is 9.93. The molecule has 6 nitrogen and oxygen atoms in total. The summed E-state index contributed by atoms with van der Waals surface area (Å²) in [4.78, 5) is 28.8. The van der Waals surface area contributed by atoms with Gasteiger partial charge < -0.3 is 15.4 Å². The molecule has 154 valence electrons. The van der Waals surface area contributed by atoms with Crippen LogP contribution in [0.5, 0.6) is 5.75 Å². The van der Waals surface area contributed by atoms with Crippen molar-refractivity contribution in [2.75, 3.05) is 11.1 Å². The van der Waals surface area contributed by atoms with Crippen LogP contribution in [0.1, 0.15) is 38.3 Å². The van der Waals surface area contributed by atoms with E-state index in [1.165, 1.54) is 18.7 Å². The third-order valence-electron chi connectivity index (χ3n) is 4.85. The van der Waals surface area contributed by atoms with Gasteiger partial charge in [-0.1, -0.05) is 12.1 Å². The van der Waals surface area contributed by atoms with E-state index in [1.807, 2.05) is 43.3 Å². The number of ether oxygens (including phenoxy) is 1. The molecular formula is C22H27N3O3S. The summed E-state index contributed by atoms with van der Waals surface area (Å²) >= 11 is 1.43. The first-order valence-electron chi connectivity index (χ1n) is 9.88. The second-order valence-electron chi connectivity index (χ2n) is 7.21. The molecule has 0 atom stereocenters. The molecule has 2 N–H and O–H groups in total. The number of benzene rings is 1. The van der Waals surface area contributed by atoms with Crippen LogP contribution in [0.15, 0.2) is 47.5 Å². The largest absolute Gasteiger partial charge is 0.489 e. The van der Waals surface area contributed by atoms with Crippen LogP contribution in [0.2, 0.25) is 0 Å². The number of para-hydroxylation sites is 1. The van der Waals surface area contributed by atoms with Crippen LogP contribution >= 0.6 is 11.8 Å². The highest BCUT2D eigenvalue weighted by molar-refractivity contribution is 8.00. The van der Waals surface area contributed by atoms with Crippen LogP contribution in [0.25, 0.3) is 0 Å². The number of hydrogen-bond donors (Lipinski definition) is 2. The van der Waals surface area contributed by atoms with Gasteiger partial charge in [-0.2, -0.15) is 0 Å². The highest BCUT2D eigenvalue weighted by Crippen LogP contribution is 2.28. The van der Waals surface area contributed by atoms with E-state index in [4.69, 9.17) is 4.74 Å². The fraction of sp³-hybridized carbons (Fsp3) is 0.409. The number of anilines is 1. The lowest BCUT2D eigenvalue weighted by Crippen LogP contribution is -2.40. The molecule has 29 heavy (non-hydrogen) atoms. The molecule has 1 heterocycles. The van der Waals surface area contributed by atoms with Crippen molar-refractivity contribution in [3.05, 3.63) is 48.3 Å². The van der Waals surface area contributed by atoms with Crippen molar-refractivity contribution < 1.29 is 14.3 Å². The molecule has 0 bridgehead atoms. The maximum atomic E-state index is 12.4. The summed E-state index contributed by atoms with van der Waals surface area (Å²) in [6, 6.07) is 11.5. The number of carbonyl (C=O) groups excluding carboxylic acids is 2. The van der Waals surface area contributed by atoms with E-state index in [-0.39, 0.29) is 24.0 Å². The van der Waals surface area contributed by atoms with Gasteiger partial charge in [0.1, 0.15) is 5.75 Å². The first-order chi connectivity index (χ1) is 14.0. The lowest BCUT2D eigenvalue weighted by molar-refractivity contribution is -0.119. The maximum Gasteiger partial charge on any atom is 0.230 e. The van der Waals surface area contributed by atoms with Gasteiger partial charge in [0.25, 0.3) is 0 Å². The molecule has 1 aromatic carbocycles. The summed E-state index contributed by atoms with van der Waals surface area (Å²) in [5.74, 6) is 1.05. The van der Waals surface area contributed by atoms with Crippen molar-refractivity contribution in [3.63, 3.8) is 0 Å². The number of nitrogens with zero attached hydrogens (tertiary/aromatic N) is 1. The number of pyridine rings is 1. The molecule has 0 aliphatic heterocycles. The van der Waals surface area contributed by atoms with Gasteiger partial charge in [-0.25, -0.2) is 0 Å². The zero-order valence-electron chi connectivity index (χ0n) is 16.8. The summed E-state index contributed by atoms with van der Waals surface area (Å²) in [5, 5.41) is 5.93. The molecule has 3 rings (SSSR count). The van der Waals surface area contributed by atoms with Gasteiger partial charge >= 0.3 is 0 Å². The Hall–Kier alpha value is -2.54. The first-order valence-corrected chi connectivity index (χ1v) is 10.9. The number of carbonyl (C=O) groups is 2. The van der Waals surface area contributed by atoms with Crippen molar-refractivity contribution in [3.8, 4) is 5.75 Å². The van der Waals surface area contributed by atoms with E-state index >= 15 is 0 Å². The number of aryl methyl sites for hydroxylation is 1. The molecule has 1 fully saturated rings. The lowest BCUT2D eigenvalue weighted by Gasteiger charge is -2.29. The molecule has 1 aliphatic carbocycles. The first kappa shape index (κ1) is 21.2. The summed E-state index contributed by atoms with van der Waals surface area (Å²) in [6.45, 7) is 3.42. The molecule has 0 unspecified atom stereocenters. The number of amides is 2. The van der Waals surface area contributed by atoms with Crippen LogP contribution in [-0.4, -0.2) is 34.7 Å². The van der Waals surface area contributed by atoms with Gasteiger partial charge in [-0.15, -0.1) is 11.8 Å². The van der Waals surface area contributed by atoms with Gasteiger partial charge in [-0.3, -0.25) is 14.6 Å². The number of nitrogens with one attached hydrogen (secondary N) is 2. The average Bonchev–Trinajstić information content (AvgIpc) is 2.70. The predicted molar refractivity (Wildman–Crippen MR) is 115 cm³/mol. The van der Waals surface area contributed by atoms with Gasteiger partial charge in [0.2, 0.25) is 11.8 Å². The molecule has 0 spiro atoms. The highest BCUT2D eigenvalue weighted by Gasteiger charge is 2.24. The summed E-state index contributed by atoms with van der Waals surface area (Å²) in [5.41, 5.74) is 1.64. The Bertz CT molecular complexity index is 851. The predicted octanol–water partition coefficient (Wildman–Crippen LogP) is 3.95. The Kier molecular flexibility index (Phi) is 7.52. The molecule has 1 aliphatic rings. The van der Waals surface area contributed by atoms with Crippen molar-refractivity contribution >= 4 is 29.3 Å². The van der Waals surface area contributed by atoms with Crippen molar-refractivity contribution in [1.82, 2.24) is 10.3 Å². The molecule has 1 saturated carbocycles. The van der Waals surface area contributed by atoms with Gasteiger partial charge in [-0.05, 0) is 56.9 Å². The van der Waals surface area contributed by atoms with Gasteiger partial charge in [0.05, 0.1) is 23.2 Å². The Morgan fingerprint density at radius 1 is 1.14 bits per heavy atom. The van der Waals surface area contributed by atoms with Gasteiger partial charge in [0, 0.05) is 24.1 Å². The smallest absolute Gasteiger partial charge is 0.230 e. The normalized spacial score (nSPS) is 18.7. The molecule has 2 amide bonds. The fourth-order valence-electron chi connectivity index (χ4n) is 3.40. The zero-order chi connectivity index (χ0) is 20.6. The zero-order valence-corrected chi connectivity index (χ0v) is 17.6. The Morgan fingerprint density at radius 2 is 1.90 bits per heavy atom. The van der Waals surface area contributed by atoms with Crippen LogP contribution in [0.3, 0.4) is 0 Å². The third-order valence-corrected chi connectivity index (χ3v) is 5.92. The molecule has 1 aromatic heterocycles. The minimum Gasteiger partial charge on any atom is -0.489 e.